The molecule has 3 nitrogen and oxygen atoms in total. The van der Waals surface area contributed by atoms with Crippen molar-refractivity contribution in [3.8, 4) is 0 Å². The average molecular weight is 281 g/mol. The lowest BCUT2D eigenvalue weighted by atomic mass is 10.1. The van der Waals surface area contributed by atoms with Crippen LogP contribution in [0.3, 0.4) is 0 Å². The maximum atomic E-state index is 5.97. The molecule has 1 aromatic rings. The number of anilines is 1. The molecule has 0 radical (unpaired) electrons. The van der Waals surface area contributed by atoms with E-state index in [-0.39, 0.29) is 0 Å². The van der Waals surface area contributed by atoms with Crippen LogP contribution >= 0.6 is 11.8 Å². The lowest BCUT2D eigenvalue weighted by molar-refractivity contribution is 0.372. The molecule has 0 heterocycles. The standard InChI is InChI=1S/C15H27N3S/c1-6-18(12(2)11-17(3)4)14-8-7-9-15(19-5)13(14)10-16/h7-9,12H,6,10-11,16H2,1-5H3. The molecule has 1 atom stereocenters. The van der Waals surface area contributed by atoms with Gasteiger partial charge in [0.05, 0.1) is 0 Å². The second-order valence-electron chi connectivity index (χ2n) is 5.06. The van der Waals surface area contributed by atoms with Crippen molar-refractivity contribution >= 4 is 17.4 Å². The van der Waals surface area contributed by atoms with E-state index in [9.17, 15) is 0 Å². The Bertz CT molecular complexity index is 393. The lowest BCUT2D eigenvalue weighted by Crippen LogP contribution is -2.40. The van der Waals surface area contributed by atoms with Gasteiger partial charge >= 0.3 is 0 Å². The molecule has 1 rings (SSSR count). The van der Waals surface area contributed by atoms with Gasteiger partial charge in [-0.25, -0.2) is 0 Å². The van der Waals surface area contributed by atoms with E-state index in [0.29, 0.717) is 12.6 Å². The number of nitrogens with zero attached hydrogens (tertiary/aromatic N) is 2. The molecule has 0 bridgehead atoms. The molecule has 0 aliphatic rings. The van der Waals surface area contributed by atoms with E-state index in [1.165, 1.54) is 16.1 Å². The molecule has 19 heavy (non-hydrogen) atoms. The van der Waals surface area contributed by atoms with Gasteiger partial charge in [0, 0.05) is 41.8 Å². The van der Waals surface area contributed by atoms with Crippen LogP contribution < -0.4 is 10.6 Å². The fourth-order valence-electron chi connectivity index (χ4n) is 2.57. The minimum absolute atomic E-state index is 0.474. The molecule has 0 saturated carbocycles. The first-order valence-electron chi connectivity index (χ1n) is 6.82. The van der Waals surface area contributed by atoms with Crippen molar-refractivity contribution in [2.24, 2.45) is 5.73 Å². The number of likely N-dealkylation sites (N-methyl/N-ethyl adjacent to an activating group) is 2. The van der Waals surface area contributed by atoms with Gasteiger partial charge in [0.15, 0.2) is 0 Å². The van der Waals surface area contributed by atoms with Crippen molar-refractivity contribution in [1.29, 1.82) is 0 Å². The Morgan fingerprint density at radius 1 is 1.32 bits per heavy atom. The third kappa shape index (κ3) is 4.13. The molecule has 0 spiro atoms. The van der Waals surface area contributed by atoms with Crippen molar-refractivity contribution in [2.45, 2.75) is 31.3 Å². The fraction of sp³-hybridized carbons (Fsp3) is 0.600. The first kappa shape index (κ1) is 16.3. The van der Waals surface area contributed by atoms with Gasteiger partial charge in [-0.2, -0.15) is 0 Å². The number of hydrogen-bond acceptors (Lipinski definition) is 4. The van der Waals surface area contributed by atoms with Crippen molar-refractivity contribution < 1.29 is 0 Å². The molecule has 1 aromatic carbocycles. The van der Waals surface area contributed by atoms with Gasteiger partial charge < -0.3 is 15.5 Å². The van der Waals surface area contributed by atoms with Gasteiger partial charge in [-0.1, -0.05) is 6.07 Å². The van der Waals surface area contributed by atoms with Crippen molar-refractivity contribution in [1.82, 2.24) is 4.90 Å². The number of benzene rings is 1. The molecule has 0 aliphatic carbocycles. The zero-order valence-corrected chi connectivity index (χ0v) is 13.6. The van der Waals surface area contributed by atoms with Crippen LogP contribution in [0.15, 0.2) is 23.1 Å². The highest BCUT2D eigenvalue weighted by molar-refractivity contribution is 7.98. The Morgan fingerprint density at radius 3 is 2.47 bits per heavy atom. The van der Waals surface area contributed by atoms with E-state index in [4.69, 9.17) is 5.73 Å². The maximum Gasteiger partial charge on any atom is 0.0425 e. The number of hydrogen-bond donors (Lipinski definition) is 1. The van der Waals surface area contributed by atoms with Crippen LogP contribution in [0.4, 0.5) is 5.69 Å². The molecule has 4 heteroatoms. The predicted octanol–water partition coefficient (Wildman–Crippen LogP) is 2.64. The summed E-state index contributed by atoms with van der Waals surface area (Å²) in [4.78, 5) is 5.96. The van der Waals surface area contributed by atoms with Crippen molar-refractivity contribution in [3.05, 3.63) is 23.8 Å². The summed E-state index contributed by atoms with van der Waals surface area (Å²) in [7, 11) is 4.24. The van der Waals surface area contributed by atoms with Crippen LogP contribution in [-0.2, 0) is 6.54 Å². The van der Waals surface area contributed by atoms with Crippen LogP contribution in [0.5, 0.6) is 0 Å². The quantitative estimate of drug-likeness (QED) is 0.779. The minimum Gasteiger partial charge on any atom is -0.368 e. The van der Waals surface area contributed by atoms with Gasteiger partial charge in [0.25, 0.3) is 0 Å². The maximum absolute atomic E-state index is 5.97. The van der Waals surface area contributed by atoms with Gasteiger partial charge in [0.1, 0.15) is 0 Å². The summed E-state index contributed by atoms with van der Waals surface area (Å²) in [5.41, 5.74) is 8.52. The first-order valence-corrected chi connectivity index (χ1v) is 8.04. The van der Waals surface area contributed by atoms with Gasteiger partial charge in [-0.3, -0.25) is 0 Å². The van der Waals surface area contributed by atoms with E-state index >= 15 is 0 Å². The highest BCUT2D eigenvalue weighted by Crippen LogP contribution is 2.30. The topological polar surface area (TPSA) is 32.5 Å². The molecule has 0 amide bonds. The summed E-state index contributed by atoms with van der Waals surface area (Å²) in [6.07, 6.45) is 2.11. The zero-order chi connectivity index (χ0) is 14.4. The van der Waals surface area contributed by atoms with E-state index in [1.54, 1.807) is 11.8 Å². The molecule has 0 aliphatic heterocycles. The molecule has 2 N–H and O–H groups in total. The van der Waals surface area contributed by atoms with Crippen LogP contribution in [0.1, 0.15) is 19.4 Å². The summed E-state index contributed by atoms with van der Waals surface area (Å²) in [5, 5.41) is 0. The van der Waals surface area contributed by atoms with Crippen molar-refractivity contribution in [3.63, 3.8) is 0 Å². The Labute approximate surface area is 122 Å². The Morgan fingerprint density at radius 2 is 2.00 bits per heavy atom. The Balaban J connectivity index is 3.10. The lowest BCUT2D eigenvalue weighted by Gasteiger charge is -2.34. The summed E-state index contributed by atoms with van der Waals surface area (Å²) in [5.74, 6) is 0. The number of nitrogens with two attached hydrogens (primary N) is 1. The van der Waals surface area contributed by atoms with Gasteiger partial charge in [-0.05, 0) is 46.3 Å². The number of thioether (sulfide) groups is 1. The molecule has 0 saturated heterocycles. The Hall–Kier alpha value is -0.710. The van der Waals surface area contributed by atoms with E-state index in [1.807, 2.05) is 0 Å². The summed E-state index contributed by atoms with van der Waals surface area (Å²) < 4.78 is 0. The Kier molecular flexibility index (Phi) is 6.69. The third-order valence-electron chi connectivity index (χ3n) is 3.34. The van der Waals surface area contributed by atoms with E-state index in [2.05, 4.69) is 62.2 Å². The summed E-state index contributed by atoms with van der Waals surface area (Å²) >= 11 is 1.77. The first-order chi connectivity index (χ1) is 9.04. The predicted molar refractivity (Wildman–Crippen MR) is 87.2 cm³/mol. The van der Waals surface area contributed by atoms with Gasteiger partial charge in [0.2, 0.25) is 0 Å². The second-order valence-corrected chi connectivity index (χ2v) is 5.91. The molecular weight excluding hydrogens is 254 g/mol. The van der Waals surface area contributed by atoms with E-state index < -0.39 is 0 Å². The van der Waals surface area contributed by atoms with Crippen LogP contribution in [0, 0.1) is 0 Å². The fourth-order valence-corrected chi connectivity index (χ4v) is 3.21. The SMILES string of the molecule is CCN(c1cccc(SC)c1CN)C(C)CN(C)C. The smallest absolute Gasteiger partial charge is 0.0425 e. The molecular formula is C15H27N3S. The summed E-state index contributed by atoms with van der Waals surface area (Å²) in [6.45, 7) is 7.12. The van der Waals surface area contributed by atoms with Gasteiger partial charge in [-0.15, -0.1) is 11.8 Å². The second kappa shape index (κ2) is 7.78. The van der Waals surface area contributed by atoms with Crippen molar-refractivity contribution in [2.75, 3.05) is 38.3 Å². The molecule has 1 unspecified atom stereocenters. The van der Waals surface area contributed by atoms with Crippen LogP contribution in [0.2, 0.25) is 0 Å². The van der Waals surface area contributed by atoms with Crippen LogP contribution in [-0.4, -0.2) is 44.4 Å². The normalized spacial score (nSPS) is 12.8. The largest absolute Gasteiger partial charge is 0.368 e. The minimum atomic E-state index is 0.474. The highest BCUT2D eigenvalue weighted by atomic mass is 32.2. The molecule has 108 valence electrons. The van der Waals surface area contributed by atoms with E-state index in [0.717, 1.165) is 13.1 Å². The third-order valence-corrected chi connectivity index (χ3v) is 4.17. The zero-order valence-electron chi connectivity index (χ0n) is 12.8. The highest BCUT2D eigenvalue weighted by Gasteiger charge is 2.17. The molecule has 0 fully saturated rings. The molecule has 0 aromatic heterocycles. The van der Waals surface area contributed by atoms with Crippen LogP contribution in [0.25, 0.3) is 0 Å². The number of rotatable bonds is 7. The monoisotopic (exact) mass is 281 g/mol. The summed E-state index contributed by atoms with van der Waals surface area (Å²) in [6, 6.07) is 6.95. The average Bonchev–Trinajstić information content (AvgIpc) is 2.38.